The van der Waals surface area contributed by atoms with Crippen molar-refractivity contribution < 1.29 is 14.7 Å². The number of thioether (sulfide) groups is 1. The Balaban J connectivity index is 2.81. The number of aromatic amines is 1. The Morgan fingerprint density at radius 2 is 2.16 bits per heavy atom. The van der Waals surface area contributed by atoms with Crippen LogP contribution in [0.2, 0.25) is 0 Å². The first-order valence-corrected chi connectivity index (χ1v) is 7.07. The van der Waals surface area contributed by atoms with Crippen LogP contribution in [0, 0.1) is 6.92 Å². The van der Waals surface area contributed by atoms with Gasteiger partial charge in [0.25, 0.3) is 5.91 Å². The highest BCUT2D eigenvalue weighted by Crippen LogP contribution is 2.04. The molecule has 0 radical (unpaired) electrons. The van der Waals surface area contributed by atoms with Crippen LogP contribution in [0.25, 0.3) is 0 Å². The highest BCUT2D eigenvalue weighted by Gasteiger charge is 2.20. The van der Waals surface area contributed by atoms with Gasteiger partial charge in [-0.25, -0.2) is 4.79 Å². The third-order valence-electron chi connectivity index (χ3n) is 2.46. The normalized spacial score (nSPS) is 11.9. The highest BCUT2D eigenvalue weighted by molar-refractivity contribution is 7.98. The average Bonchev–Trinajstić information content (AvgIpc) is 2.32. The lowest BCUT2D eigenvalue weighted by Crippen LogP contribution is -2.41. The summed E-state index contributed by atoms with van der Waals surface area (Å²) in [5, 5.41) is 11.4. The molecule has 19 heavy (non-hydrogen) atoms. The molecule has 0 saturated heterocycles. The molecule has 1 amide bonds. The lowest BCUT2D eigenvalue weighted by atomic mass is 10.2. The van der Waals surface area contributed by atoms with Crippen molar-refractivity contribution in [3.63, 3.8) is 0 Å². The number of carbonyl (C=O) groups is 2. The molecule has 0 aliphatic rings. The van der Waals surface area contributed by atoms with Gasteiger partial charge in [-0.05, 0) is 31.4 Å². The van der Waals surface area contributed by atoms with E-state index in [-0.39, 0.29) is 11.1 Å². The fourth-order valence-corrected chi connectivity index (χ4v) is 2.02. The van der Waals surface area contributed by atoms with Crippen molar-refractivity contribution in [2.24, 2.45) is 0 Å². The Morgan fingerprint density at radius 3 is 2.68 bits per heavy atom. The number of carboxylic acids is 1. The Morgan fingerprint density at radius 1 is 1.47 bits per heavy atom. The molecule has 0 aliphatic carbocycles. The van der Waals surface area contributed by atoms with Gasteiger partial charge in [0.15, 0.2) is 0 Å². The number of aryl methyl sites for hydroxylation is 1. The molecule has 7 heteroatoms. The van der Waals surface area contributed by atoms with E-state index < -0.39 is 17.9 Å². The molecule has 0 saturated carbocycles. The van der Waals surface area contributed by atoms with E-state index >= 15 is 0 Å². The van der Waals surface area contributed by atoms with Crippen LogP contribution in [0.1, 0.15) is 22.5 Å². The van der Waals surface area contributed by atoms with E-state index in [0.29, 0.717) is 17.9 Å². The number of pyridine rings is 1. The lowest BCUT2D eigenvalue weighted by molar-refractivity contribution is -0.139. The number of carboxylic acid groups (broad SMARTS) is 1. The number of aliphatic carboxylic acids is 1. The summed E-state index contributed by atoms with van der Waals surface area (Å²) in [6, 6.07) is 1.71. The summed E-state index contributed by atoms with van der Waals surface area (Å²) >= 11 is 1.51. The number of hydrogen-bond acceptors (Lipinski definition) is 4. The maximum Gasteiger partial charge on any atom is 0.326 e. The fraction of sp³-hybridized carbons (Fsp3) is 0.417. The summed E-state index contributed by atoms with van der Waals surface area (Å²) in [5.41, 5.74) is 0.325. The van der Waals surface area contributed by atoms with Crippen LogP contribution in [0.5, 0.6) is 0 Å². The maximum atomic E-state index is 11.9. The van der Waals surface area contributed by atoms with E-state index in [4.69, 9.17) is 5.11 Å². The number of carbonyl (C=O) groups excluding carboxylic acids is 1. The highest BCUT2D eigenvalue weighted by atomic mass is 32.2. The summed E-state index contributed by atoms with van der Waals surface area (Å²) in [6.07, 6.45) is 2.20. The van der Waals surface area contributed by atoms with Crippen LogP contribution in [-0.2, 0) is 4.79 Å². The largest absolute Gasteiger partial charge is 0.480 e. The molecular formula is C12H16N2O4S. The van der Waals surface area contributed by atoms with E-state index in [1.165, 1.54) is 17.8 Å². The van der Waals surface area contributed by atoms with Crippen molar-refractivity contribution in [3.05, 3.63) is 33.7 Å². The van der Waals surface area contributed by atoms with Crippen molar-refractivity contribution in [2.75, 3.05) is 12.0 Å². The molecule has 3 N–H and O–H groups in total. The number of nitrogens with one attached hydrogen (secondary N) is 2. The molecule has 0 unspecified atom stereocenters. The van der Waals surface area contributed by atoms with Crippen LogP contribution in [0.3, 0.4) is 0 Å². The van der Waals surface area contributed by atoms with Crippen molar-refractivity contribution >= 4 is 23.6 Å². The molecule has 1 aromatic heterocycles. The molecule has 1 atom stereocenters. The lowest BCUT2D eigenvalue weighted by Gasteiger charge is -2.13. The predicted molar refractivity (Wildman–Crippen MR) is 73.7 cm³/mol. The summed E-state index contributed by atoms with van der Waals surface area (Å²) < 4.78 is 0. The predicted octanol–water partition coefficient (Wildman–Crippen LogP) is 0.619. The van der Waals surface area contributed by atoms with E-state index in [0.717, 1.165) is 6.07 Å². The van der Waals surface area contributed by atoms with Gasteiger partial charge in [0, 0.05) is 17.3 Å². The molecule has 0 fully saturated rings. The van der Waals surface area contributed by atoms with E-state index in [2.05, 4.69) is 10.3 Å². The number of H-pyrrole nitrogens is 1. The van der Waals surface area contributed by atoms with Gasteiger partial charge in [-0.3, -0.25) is 9.59 Å². The molecule has 0 spiro atoms. The van der Waals surface area contributed by atoms with Gasteiger partial charge in [-0.2, -0.15) is 11.8 Å². The van der Waals surface area contributed by atoms with Crippen LogP contribution in [0.4, 0.5) is 0 Å². The quantitative estimate of drug-likeness (QED) is 0.711. The Bertz CT molecular complexity index is 527. The molecule has 104 valence electrons. The minimum atomic E-state index is -1.08. The second-order valence-corrected chi connectivity index (χ2v) is 5.05. The van der Waals surface area contributed by atoms with Crippen molar-refractivity contribution in [3.8, 4) is 0 Å². The summed E-state index contributed by atoms with van der Waals surface area (Å²) in [4.78, 5) is 36.7. The van der Waals surface area contributed by atoms with Gasteiger partial charge in [-0.1, -0.05) is 0 Å². The SMILES string of the molecule is CSCC[C@H](NC(=O)c1cc(C)[nH]c(=O)c1)C(=O)O. The van der Waals surface area contributed by atoms with E-state index in [1.807, 2.05) is 6.26 Å². The molecular weight excluding hydrogens is 268 g/mol. The zero-order chi connectivity index (χ0) is 14.4. The third kappa shape index (κ3) is 4.78. The van der Waals surface area contributed by atoms with Gasteiger partial charge in [-0.15, -0.1) is 0 Å². The smallest absolute Gasteiger partial charge is 0.326 e. The first kappa shape index (κ1) is 15.3. The monoisotopic (exact) mass is 284 g/mol. The molecule has 6 nitrogen and oxygen atoms in total. The van der Waals surface area contributed by atoms with Crippen LogP contribution >= 0.6 is 11.8 Å². The number of aromatic nitrogens is 1. The first-order valence-electron chi connectivity index (χ1n) is 5.67. The van der Waals surface area contributed by atoms with Crippen molar-refractivity contribution in [1.29, 1.82) is 0 Å². The van der Waals surface area contributed by atoms with E-state index in [1.54, 1.807) is 6.92 Å². The van der Waals surface area contributed by atoms with Gasteiger partial charge in [0.1, 0.15) is 6.04 Å². The van der Waals surface area contributed by atoms with E-state index in [9.17, 15) is 14.4 Å². The van der Waals surface area contributed by atoms with Gasteiger partial charge >= 0.3 is 5.97 Å². The maximum absolute atomic E-state index is 11.9. The van der Waals surface area contributed by atoms with Gasteiger partial charge in [0.05, 0.1) is 0 Å². The van der Waals surface area contributed by atoms with Crippen molar-refractivity contribution in [2.45, 2.75) is 19.4 Å². The fourth-order valence-electron chi connectivity index (χ4n) is 1.55. The summed E-state index contributed by atoms with van der Waals surface area (Å²) in [6.45, 7) is 1.65. The molecule has 0 bridgehead atoms. The zero-order valence-corrected chi connectivity index (χ0v) is 11.5. The van der Waals surface area contributed by atoms with Crippen LogP contribution < -0.4 is 10.9 Å². The third-order valence-corrected chi connectivity index (χ3v) is 3.10. The molecule has 1 heterocycles. The minimum Gasteiger partial charge on any atom is -0.480 e. The topological polar surface area (TPSA) is 99.3 Å². The first-order chi connectivity index (χ1) is 8.93. The van der Waals surface area contributed by atoms with Crippen LogP contribution in [-0.4, -0.2) is 40.0 Å². The molecule has 0 aromatic carbocycles. The zero-order valence-electron chi connectivity index (χ0n) is 10.7. The molecule has 1 rings (SSSR count). The minimum absolute atomic E-state index is 0.164. The van der Waals surface area contributed by atoms with Gasteiger partial charge < -0.3 is 15.4 Å². The number of hydrogen-bond donors (Lipinski definition) is 3. The van der Waals surface area contributed by atoms with Crippen LogP contribution in [0.15, 0.2) is 16.9 Å². The van der Waals surface area contributed by atoms with Gasteiger partial charge in [0.2, 0.25) is 5.56 Å². The summed E-state index contributed by atoms with van der Waals surface area (Å²) in [7, 11) is 0. The standard InChI is InChI=1S/C12H16N2O4S/c1-7-5-8(6-10(15)13-7)11(16)14-9(12(17)18)3-4-19-2/h5-6,9H,3-4H2,1-2H3,(H,13,15)(H,14,16)(H,17,18)/t9-/m0/s1. The molecule has 1 aromatic rings. The second kappa shape index (κ2) is 6.98. The second-order valence-electron chi connectivity index (χ2n) is 4.06. The Kier molecular flexibility index (Phi) is 5.62. The van der Waals surface area contributed by atoms with Crippen molar-refractivity contribution in [1.82, 2.24) is 10.3 Å². The Labute approximate surface area is 114 Å². The summed E-state index contributed by atoms with van der Waals surface area (Å²) in [5.74, 6) is -1.00. The number of amides is 1. The molecule has 0 aliphatic heterocycles. The average molecular weight is 284 g/mol. The number of rotatable bonds is 6. The Hall–Kier alpha value is -1.76.